The molecule has 0 unspecified atom stereocenters. The first kappa shape index (κ1) is 15.0. The molecule has 4 nitrogen and oxygen atoms in total. The SMILES string of the molecule is Cc1cc(C(=O)N2CCCN(CCO)CC2)sc1Br. The van der Waals surface area contributed by atoms with Crippen LogP contribution in [0.25, 0.3) is 0 Å². The van der Waals surface area contributed by atoms with Crippen LogP contribution in [0.5, 0.6) is 0 Å². The number of rotatable bonds is 3. The summed E-state index contributed by atoms with van der Waals surface area (Å²) >= 11 is 4.97. The van der Waals surface area contributed by atoms with Crippen LogP contribution in [0.4, 0.5) is 0 Å². The molecule has 106 valence electrons. The zero-order valence-electron chi connectivity index (χ0n) is 11.1. The summed E-state index contributed by atoms with van der Waals surface area (Å²) in [6, 6.07) is 1.95. The van der Waals surface area contributed by atoms with Gasteiger partial charge in [-0.05, 0) is 47.4 Å². The fourth-order valence-electron chi connectivity index (χ4n) is 2.26. The number of carbonyl (C=O) groups excluding carboxylic acids is 1. The predicted molar refractivity (Wildman–Crippen MR) is 80.8 cm³/mol. The number of aryl methyl sites for hydroxylation is 1. The van der Waals surface area contributed by atoms with Crippen LogP contribution in [-0.4, -0.2) is 60.1 Å². The van der Waals surface area contributed by atoms with Gasteiger partial charge in [0.25, 0.3) is 5.91 Å². The number of carbonyl (C=O) groups is 1. The van der Waals surface area contributed by atoms with Gasteiger partial charge in [0.2, 0.25) is 0 Å². The Morgan fingerprint density at radius 1 is 1.42 bits per heavy atom. The molecule has 2 rings (SSSR count). The molecule has 0 aliphatic carbocycles. The van der Waals surface area contributed by atoms with E-state index in [0.717, 1.165) is 46.8 Å². The van der Waals surface area contributed by atoms with Crippen LogP contribution in [0, 0.1) is 6.92 Å². The van der Waals surface area contributed by atoms with Crippen LogP contribution in [0.2, 0.25) is 0 Å². The molecule has 1 N–H and O–H groups in total. The maximum absolute atomic E-state index is 12.4. The number of β-amino-alcohol motifs (C(OH)–C–C–N with tert-alkyl or cyclic N) is 1. The van der Waals surface area contributed by atoms with Crippen molar-refractivity contribution in [1.29, 1.82) is 0 Å². The van der Waals surface area contributed by atoms with E-state index in [1.54, 1.807) is 0 Å². The van der Waals surface area contributed by atoms with Crippen molar-refractivity contribution in [2.24, 2.45) is 0 Å². The Labute approximate surface area is 126 Å². The highest BCUT2D eigenvalue weighted by molar-refractivity contribution is 9.11. The van der Waals surface area contributed by atoms with Gasteiger partial charge in [0, 0.05) is 26.2 Å². The Kier molecular flexibility index (Phi) is 5.38. The molecule has 1 amide bonds. The zero-order valence-corrected chi connectivity index (χ0v) is 13.5. The predicted octanol–water partition coefficient (Wildman–Crippen LogP) is 1.96. The van der Waals surface area contributed by atoms with E-state index in [0.29, 0.717) is 6.54 Å². The normalized spacial score (nSPS) is 17.5. The maximum Gasteiger partial charge on any atom is 0.264 e. The number of aliphatic hydroxyl groups excluding tert-OH is 1. The summed E-state index contributed by atoms with van der Waals surface area (Å²) in [6.45, 7) is 6.23. The quantitative estimate of drug-likeness (QED) is 0.909. The van der Waals surface area contributed by atoms with Crippen molar-refractivity contribution in [3.63, 3.8) is 0 Å². The number of amides is 1. The van der Waals surface area contributed by atoms with E-state index in [1.165, 1.54) is 11.3 Å². The lowest BCUT2D eigenvalue weighted by molar-refractivity contribution is 0.0765. The number of hydrogen-bond donors (Lipinski definition) is 1. The lowest BCUT2D eigenvalue weighted by Gasteiger charge is -2.20. The smallest absolute Gasteiger partial charge is 0.264 e. The number of nitrogens with zero attached hydrogens (tertiary/aromatic N) is 2. The van der Waals surface area contributed by atoms with Crippen molar-refractivity contribution < 1.29 is 9.90 Å². The third-order valence-corrected chi connectivity index (χ3v) is 5.48. The lowest BCUT2D eigenvalue weighted by atomic mass is 10.3. The summed E-state index contributed by atoms with van der Waals surface area (Å²) in [5.74, 6) is 0.129. The van der Waals surface area contributed by atoms with Crippen LogP contribution in [-0.2, 0) is 0 Å². The molecule has 1 aromatic heterocycles. The number of thiophene rings is 1. The summed E-state index contributed by atoms with van der Waals surface area (Å²) in [4.78, 5) is 17.4. The van der Waals surface area contributed by atoms with Gasteiger partial charge in [-0.2, -0.15) is 0 Å². The van der Waals surface area contributed by atoms with E-state index in [-0.39, 0.29) is 12.5 Å². The van der Waals surface area contributed by atoms with Gasteiger partial charge >= 0.3 is 0 Å². The van der Waals surface area contributed by atoms with E-state index in [1.807, 2.05) is 17.9 Å². The largest absolute Gasteiger partial charge is 0.395 e. The first-order valence-electron chi connectivity index (χ1n) is 6.50. The summed E-state index contributed by atoms with van der Waals surface area (Å²) < 4.78 is 1.03. The highest BCUT2D eigenvalue weighted by Gasteiger charge is 2.21. The molecule has 6 heteroatoms. The molecule has 1 aliphatic heterocycles. The van der Waals surface area contributed by atoms with Gasteiger partial charge < -0.3 is 10.0 Å². The van der Waals surface area contributed by atoms with Gasteiger partial charge in [0.15, 0.2) is 0 Å². The molecule has 0 bridgehead atoms. The monoisotopic (exact) mass is 346 g/mol. The highest BCUT2D eigenvalue weighted by atomic mass is 79.9. The van der Waals surface area contributed by atoms with Crippen LogP contribution >= 0.6 is 27.3 Å². The minimum atomic E-state index is 0.129. The van der Waals surface area contributed by atoms with E-state index < -0.39 is 0 Å². The van der Waals surface area contributed by atoms with Crippen molar-refractivity contribution in [2.45, 2.75) is 13.3 Å². The van der Waals surface area contributed by atoms with Gasteiger partial charge in [-0.25, -0.2) is 0 Å². The molecule has 2 heterocycles. The van der Waals surface area contributed by atoms with Gasteiger partial charge in [-0.15, -0.1) is 11.3 Å². The Bertz CT molecular complexity index is 430. The summed E-state index contributed by atoms with van der Waals surface area (Å²) in [7, 11) is 0. The second-order valence-corrected chi connectivity index (χ2v) is 7.15. The molecule has 0 radical (unpaired) electrons. The number of halogens is 1. The fourth-order valence-corrected chi connectivity index (χ4v) is 3.76. The molecule has 19 heavy (non-hydrogen) atoms. The van der Waals surface area contributed by atoms with Gasteiger partial charge in [0.05, 0.1) is 15.3 Å². The third kappa shape index (κ3) is 3.78. The topological polar surface area (TPSA) is 43.8 Å². The Morgan fingerprint density at radius 3 is 2.84 bits per heavy atom. The van der Waals surface area contributed by atoms with Crippen molar-refractivity contribution in [3.05, 3.63) is 20.3 Å². The zero-order chi connectivity index (χ0) is 13.8. The van der Waals surface area contributed by atoms with Crippen LogP contribution in [0.15, 0.2) is 9.85 Å². The molecule has 0 spiro atoms. The number of aliphatic hydroxyl groups is 1. The van der Waals surface area contributed by atoms with Crippen LogP contribution in [0.1, 0.15) is 21.7 Å². The molecule has 1 aliphatic rings. The second-order valence-electron chi connectivity index (χ2n) is 4.78. The van der Waals surface area contributed by atoms with Crippen molar-refractivity contribution in [2.75, 3.05) is 39.3 Å². The average Bonchev–Trinajstić information content (AvgIpc) is 2.61. The third-order valence-electron chi connectivity index (χ3n) is 3.36. The molecule has 0 saturated carbocycles. The highest BCUT2D eigenvalue weighted by Crippen LogP contribution is 2.28. The molecular formula is C13H19BrN2O2S. The van der Waals surface area contributed by atoms with Gasteiger partial charge in [-0.1, -0.05) is 0 Å². The summed E-state index contributed by atoms with van der Waals surface area (Å²) in [6.07, 6.45) is 0.970. The maximum atomic E-state index is 12.4. The van der Waals surface area contributed by atoms with Crippen LogP contribution in [0.3, 0.4) is 0 Å². The minimum Gasteiger partial charge on any atom is -0.395 e. The van der Waals surface area contributed by atoms with Crippen molar-refractivity contribution >= 4 is 33.2 Å². The molecule has 0 atom stereocenters. The average molecular weight is 347 g/mol. The second kappa shape index (κ2) is 6.83. The van der Waals surface area contributed by atoms with Gasteiger partial charge in [-0.3, -0.25) is 9.69 Å². The molecule has 1 aromatic rings. The first-order valence-corrected chi connectivity index (χ1v) is 8.11. The summed E-state index contributed by atoms with van der Waals surface area (Å²) in [5.41, 5.74) is 1.12. The van der Waals surface area contributed by atoms with E-state index >= 15 is 0 Å². The lowest BCUT2D eigenvalue weighted by Crippen LogP contribution is -2.35. The number of hydrogen-bond acceptors (Lipinski definition) is 4. The van der Waals surface area contributed by atoms with Crippen LogP contribution < -0.4 is 0 Å². The van der Waals surface area contributed by atoms with Gasteiger partial charge in [0.1, 0.15) is 0 Å². The molecule has 0 aromatic carbocycles. The summed E-state index contributed by atoms with van der Waals surface area (Å²) in [5, 5.41) is 8.97. The van der Waals surface area contributed by atoms with E-state index in [2.05, 4.69) is 20.8 Å². The Balaban J connectivity index is 1.99. The Hall–Kier alpha value is -0.430. The first-order chi connectivity index (χ1) is 9.11. The fraction of sp³-hybridized carbons (Fsp3) is 0.615. The molecule has 1 saturated heterocycles. The minimum absolute atomic E-state index is 0.129. The molecule has 1 fully saturated rings. The van der Waals surface area contributed by atoms with E-state index in [4.69, 9.17) is 5.11 Å². The van der Waals surface area contributed by atoms with Crippen molar-refractivity contribution in [3.8, 4) is 0 Å². The van der Waals surface area contributed by atoms with E-state index in [9.17, 15) is 4.79 Å². The molecular weight excluding hydrogens is 328 g/mol. The van der Waals surface area contributed by atoms with Crippen molar-refractivity contribution in [1.82, 2.24) is 9.80 Å². The standard InChI is InChI=1S/C13H19BrN2O2S/c1-10-9-11(19-12(10)14)13(18)16-4-2-3-15(5-6-16)7-8-17/h9,17H,2-8H2,1H3. The Morgan fingerprint density at radius 2 is 2.21 bits per heavy atom.